The molecule has 1 aliphatic heterocycles. The summed E-state index contributed by atoms with van der Waals surface area (Å²) in [7, 11) is 0. The van der Waals surface area contributed by atoms with Gasteiger partial charge in [0.05, 0.1) is 28.9 Å². The van der Waals surface area contributed by atoms with Crippen LogP contribution < -0.4 is 0 Å². The smallest absolute Gasteiger partial charge is 0.335 e. The van der Waals surface area contributed by atoms with Crippen LogP contribution in [0, 0.1) is 6.92 Å². The lowest BCUT2D eigenvalue weighted by Gasteiger charge is -2.35. The number of hydrogen-bond acceptors (Lipinski definition) is 3. The SMILES string of the molecule is Cc1nn(Cc2ccccc2)c(Cl)c1C(=O)N1CCN(C(=O)c2ccccc2C(F)(F)F)CC1. The molecule has 0 N–H and O–H groups in total. The fraction of sp³-hybridized carbons (Fsp3) is 0.292. The van der Waals surface area contributed by atoms with Crippen molar-refractivity contribution in [3.05, 3.63) is 87.7 Å². The second-order valence-corrected chi connectivity index (χ2v) is 8.38. The molecular formula is C24H22ClF3N4O2. The van der Waals surface area contributed by atoms with E-state index in [0.717, 1.165) is 11.6 Å². The molecule has 10 heteroatoms. The Bertz CT molecular complexity index is 1200. The van der Waals surface area contributed by atoms with Gasteiger partial charge in [-0.15, -0.1) is 0 Å². The molecule has 34 heavy (non-hydrogen) atoms. The molecule has 4 rings (SSSR count). The first kappa shape index (κ1) is 23.8. The van der Waals surface area contributed by atoms with E-state index < -0.39 is 23.2 Å². The van der Waals surface area contributed by atoms with E-state index in [-0.39, 0.29) is 37.2 Å². The van der Waals surface area contributed by atoms with Crippen molar-refractivity contribution in [1.82, 2.24) is 19.6 Å². The van der Waals surface area contributed by atoms with Gasteiger partial charge in [0, 0.05) is 26.2 Å². The Hall–Kier alpha value is -3.33. The van der Waals surface area contributed by atoms with Gasteiger partial charge in [0.1, 0.15) is 5.15 Å². The van der Waals surface area contributed by atoms with Gasteiger partial charge in [-0.2, -0.15) is 18.3 Å². The lowest BCUT2D eigenvalue weighted by Crippen LogP contribution is -2.51. The van der Waals surface area contributed by atoms with E-state index in [9.17, 15) is 22.8 Å². The molecule has 1 aromatic heterocycles. The van der Waals surface area contributed by atoms with Crippen LogP contribution in [0.1, 0.15) is 37.5 Å². The minimum Gasteiger partial charge on any atom is -0.335 e. The largest absolute Gasteiger partial charge is 0.417 e. The molecule has 1 saturated heterocycles. The Labute approximate surface area is 199 Å². The second-order valence-electron chi connectivity index (χ2n) is 8.02. The topological polar surface area (TPSA) is 58.4 Å². The number of hydrogen-bond donors (Lipinski definition) is 0. The van der Waals surface area contributed by atoms with Crippen LogP contribution in [0.5, 0.6) is 0 Å². The van der Waals surface area contributed by atoms with Crippen molar-refractivity contribution in [3.63, 3.8) is 0 Å². The Kier molecular flexibility index (Phi) is 6.65. The van der Waals surface area contributed by atoms with Crippen molar-refractivity contribution < 1.29 is 22.8 Å². The van der Waals surface area contributed by atoms with Gasteiger partial charge in [-0.3, -0.25) is 9.59 Å². The summed E-state index contributed by atoms with van der Waals surface area (Å²) in [6.07, 6.45) is -4.63. The predicted molar refractivity (Wildman–Crippen MR) is 121 cm³/mol. The molecule has 0 atom stereocenters. The lowest BCUT2D eigenvalue weighted by atomic mass is 10.1. The van der Waals surface area contributed by atoms with Crippen LogP contribution in [0.3, 0.4) is 0 Å². The van der Waals surface area contributed by atoms with Crippen LogP contribution in [0.15, 0.2) is 54.6 Å². The average Bonchev–Trinajstić information content (AvgIpc) is 3.10. The molecule has 6 nitrogen and oxygen atoms in total. The third kappa shape index (κ3) is 4.79. The number of piperazine rings is 1. The van der Waals surface area contributed by atoms with Crippen LogP contribution in [-0.4, -0.2) is 57.6 Å². The third-order valence-electron chi connectivity index (χ3n) is 5.77. The number of alkyl halides is 3. The predicted octanol–water partition coefficient (Wildman–Crippen LogP) is 4.51. The van der Waals surface area contributed by atoms with Crippen molar-refractivity contribution in [1.29, 1.82) is 0 Å². The molecule has 2 heterocycles. The van der Waals surface area contributed by atoms with E-state index in [4.69, 9.17) is 11.6 Å². The second kappa shape index (κ2) is 9.50. The summed E-state index contributed by atoms with van der Waals surface area (Å²) in [5, 5.41) is 4.63. The summed E-state index contributed by atoms with van der Waals surface area (Å²) in [6.45, 7) is 2.71. The van der Waals surface area contributed by atoms with Crippen LogP contribution in [-0.2, 0) is 12.7 Å². The molecule has 0 unspecified atom stereocenters. The number of carbonyl (C=O) groups excluding carboxylic acids is 2. The number of benzene rings is 2. The molecule has 0 aliphatic carbocycles. The van der Waals surface area contributed by atoms with Gasteiger partial charge >= 0.3 is 6.18 Å². The molecule has 2 amide bonds. The monoisotopic (exact) mass is 490 g/mol. The summed E-state index contributed by atoms with van der Waals surface area (Å²) in [6, 6.07) is 14.3. The molecule has 0 spiro atoms. The van der Waals surface area contributed by atoms with E-state index in [1.807, 2.05) is 30.3 Å². The number of aryl methyl sites for hydroxylation is 1. The molecule has 1 fully saturated rings. The van der Waals surface area contributed by atoms with Crippen molar-refractivity contribution in [2.24, 2.45) is 0 Å². The molecule has 1 aliphatic rings. The zero-order valence-electron chi connectivity index (χ0n) is 18.3. The quantitative estimate of drug-likeness (QED) is 0.540. The van der Waals surface area contributed by atoms with Gasteiger partial charge in [-0.25, -0.2) is 4.68 Å². The van der Waals surface area contributed by atoms with E-state index in [0.29, 0.717) is 17.8 Å². The highest BCUT2D eigenvalue weighted by Gasteiger charge is 2.37. The van der Waals surface area contributed by atoms with Crippen molar-refractivity contribution >= 4 is 23.4 Å². The van der Waals surface area contributed by atoms with Crippen molar-refractivity contribution in [2.45, 2.75) is 19.6 Å². The Morgan fingerprint density at radius 1 is 0.912 bits per heavy atom. The van der Waals surface area contributed by atoms with E-state index >= 15 is 0 Å². The average molecular weight is 491 g/mol. The number of carbonyl (C=O) groups is 2. The minimum atomic E-state index is -4.63. The number of halogens is 4. The zero-order chi connectivity index (χ0) is 24.5. The first-order valence-electron chi connectivity index (χ1n) is 10.7. The van der Waals surface area contributed by atoms with Crippen LogP contribution >= 0.6 is 11.6 Å². The molecule has 178 valence electrons. The fourth-order valence-corrected chi connectivity index (χ4v) is 4.33. The summed E-state index contributed by atoms with van der Waals surface area (Å²) in [5.41, 5.74) is 0.406. The normalized spacial score (nSPS) is 14.4. The van der Waals surface area contributed by atoms with Crippen molar-refractivity contribution in [2.75, 3.05) is 26.2 Å². The maximum Gasteiger partial charge on any atom is 0.417 e. The van der Waals surface area contributed by atoms with E-state index in [2.05, 4.69) is 5.10 Å². The fourth-order valence-electron chi connectivity index (χ4n) is 4.02. The van der Waals surface area contributed by atoms with E-state index in [1.54, 1.807) is 16.5 Å². The van der Waals surface area contributed by atoms with Gasteiger partial charge in [-0.05, 0) is 24.6 Å². The highest BCUT2D eigenvalue weighted by Crippen LogP contribution is 2.32. The maximum absolute atomic E-state index is 13.3. The molecular weight excluding hydrogens is 469 g/mol. The third-order valence-corrected chi connectivity index (χ3v) is 6.16. The number of nitrogens with zero attached hydrogens (tertiary/aromatic N) is 4. The Morgan fingerprint density at radius 3 is 2.09 bits per heavy atom. The Balaban J connectivity index is 1.45. The standard InChI is InChI=1S/C24H22ClF3N4O2/c1-16-20(21(25)32(29-16)15-17-7-3-2-4-8-17)23(34)31-13-11-30(12-14-31)22(33)18-9-5-6-10-19(18)24(26,27)28/h2-10H,11-15H2,1H3. The molecule has 0 bridgehead atoms. The van der Waals surface area contributed by atoms with Crippen LogP contribution in [0.2, 0.25) is 5.15 Å². The highest BCUT2D eigenvalue weighted by molar-refractivity contribution is 6.33. The maximum atomic E-state index is 13.3. The first-order chi connectivity index (χ1) is 16.2. The number of amides is 2. The zero-order valence-corrected chi connectivity index (χ0v) is 19.1. The van der Waals surface area contributed by atoms with Gasteiger partial charge in [0.25, 0.3) is 11.8 Å². The summed E-state index contributed by atoms with van der Waals surface area (Å²) in [4.78, 5) is 28.8. The summed E-state index contributed by atoms with van der Waals surface area (Å²) in [5.74, 6) is -1.02. The number of aromatic nitrogens is 2. The van der Waals surface area contributed by atoms with E-state index in [1.165, 1.54) is 23.1 Å². The molecule has 0 radical (unpaired) electrons. The molecule has 0 saturated carbocycles. The summed E-state index contributed by atoms with van der Waals surface area (Å²) < 4.78 is 41.5. The molecule has 2 aromatic carbocycles. The van der Waals surface area contributed by atoms with Crippen LogP contribution in [0.25, 0.3) is 0 Å². The number of rotatable bonds is 4. The summed E-state index contributed by atoms with van der Waals surface area (Å²) >= 11 is 6.49. The van der Waals surface area contributed by atoms with Crippen molar-refractivity contribution in [3.8, 4) is 0 Å². The van der Waals surface area contributed by atoms with Crippen LogP contribution in [0.4, 0.5) is 13.2 Å². The van der Waals surface area contributed by atoms with Gasteiger partial charge in [0.2, 0.25) is 0 Å². The highest BCUT2D eigenvalue weighted by atomic mass is 35.5. The minimum absolute atomic E-state index is 0.117. The Morgan fingerprint density at radius 2 is 1.47 bits per heavy atom. The lowest BCUT2D eigenvalue weighted by molar-refractivity contribution is -0.138. The van der Waals surface area contributed by atoms with Gasteiger partial charge in [0.15, 0.2) is 0 Å². The first-order valence-corrected chi connectivity index (χ1v) is 11.1. The molecule has 3 aromatic rings. The van der Waals surface area contributed by atoms with Gasteiger partial charge in [-0.1, -0.05) is 54.1 Å². The van der Waals surface area contributed by atoms with Gasteiger partial charge < -0.3 is 9.80 Å².